The largest absolute Gasteiger partial charge is 0.478 e. The quantitative estimate of drug-likeness (QED) is 0.610. The van der Waals surface area contributed by atoms with Crippen LogP contribution >= 0.6 is 0 Å². The molecule has 0 aliphatic carbocycles. The number of fused-ring (bicyclic) bond motifs is 3. The molecule has 1 fully saturated rings. The van der Waals surface area contributed by atoms with E-state index in [1.165, 1.54) is 35.2 Å². The highest BCUT2D eigenvalue weighted by atomic mass is 16.4. The van der Waals surface area contributed by atoms with Crippen LogP contribution in [0.25, 0.3) is 11.1 Å². The second-order valence-corrected chi connectivity index (χ2v) is 6.83. The van der Waals surface area contributed by atoms with Crippen LogP contribution in [0.15, 0.2) is 60.7 Å². The Balaban J connectivity index is 0.000000242. The van der Waals surface area contributed by atoms with E-state index in [-0.39, 0.29) is 0 Å². The number of hydrogen-bond donors (Lipinski definition) is 4. The predicted molar refractivity (Wildman–Crippen MR) is 109 cm³/mol. The zero-order valence-electron chi connectivity index (χ0n) is 15.5. The number of nitrogens with one attached hydrogen (secondary N) is 2. The Bertz CT molecular complexity index is 848. The molecule has 0 saturated carbocycles. The van der Waals surface area contributed by atoms with Gasteiger partial charge in [-0.2, -0.15) is 0 Å². The van der Waals surface area contributed by atoms with E-state index in [1.54, 1.807) is 0 Å². The molecule has 146 valence electrons. The first kappa shape index (κ1) is 19.6. The lowest BCUT2D eigenvalue weighted by atomic mass is 9.86. The third-order valence-corrected chi connectivity index (χ3v) is 5.02. The molecule has 2 aliphatic rings. The van der Waals surface area contributed by atoms with Crippen molar-refractivity contribution in [1.82, 2.24) is 5.32 Å². The van der Waals surface area contributed by atoms with Gasteiger partial charge < -0.3 is 20.8 Å². The number of rotatable bonds is 3. The SMILES string of the molecule is O=C(O)/C=C\C(=O)O.c1ccc(-c2cccc3c2[C@@H]2CCNCC[C@H]2N3)cc1. The van der Waals surface area contributed by atoms with Crippen LogP contribution in [0, 0.1) is 0 Å². The van der Waals surface area contributed by atoms with Crippen molar-refractivity contribution in [3.8, 4) is 11.1 Å². The maximum absolute atomic E-state index is 9.55. The molecule has 4 rings (SSSR count). The van der Waals surface area contributed by atoms with E-state index >= 15 is 0 Å². The first-order valence-corrected chi connectivity index (χ1v) is 9.36. The molecule has 2 aliphatic heterocycles. The molecule has 1 saturated heterocycles. The van der Waals surface area contributed by atoms with Gasteiger partial charge in [-0.05, 0) is 48.7 Å². The molecule has 0 amide bonds. The molecular weight excluding hydrogens is 356 g/mol. The molecule has 2 aromatic carbocycles. The number of anilines is 1. The van der Waals surface area contributed by atoms with Crippen LogP contribution in [0.4, 0.5) is 5.69 Å². The van der Waals surface area contributed by atoms with E-state index in [1.807, 2.05) is 0 Å². The van der Waals surface area contributed by atoms with Crippen LogP contribution in [-0.2, 0) is 9.59 Å². The van der Waals surface area contributed by atoms with Crippen LogP contribution in [0.5, 0.6) is 0 Å². The molecule has 6 nitrogen and oxygen atoms in total. The van der Waals surface area contributed by atoms with Gasteiger partial charge in [-0.15, -0.1) is 0 Å². The molecule has 0 spiro atoms. The minimum Gasteiger partial charge on any atom is -0.478 e. The lowest BCUT2D eigenvalue weighted by Gasteiger charge is -2.18. The van der Waals surface area contributed by atoms with E-state index in [9.17, 15) is 9.59 Å². The van der Waals surface area contributed by atoms with Crippen molar-refractivity contribution < 1.29 is 19.8 Å². The summed E-state index contributed by atoms with van der Waals surface area (Å²) in [5.41, 5.74) is 5.63. The summed E-state index contributed by atoms with van der Waals surface area (Å²) < 4.78 is 0. The number of benzene rings is 2. The van der Waals surface area contributed by atoms with Crippen LogP contribution in [-0.4, -0.2) is 41.3 Å². The second-order valence-electron chi connectivity index (χ2n) is 6.83. The number of carboxylic acid groups (broad SMARTS) is 2. The van der Waals surface area contributed by atoms with Crippen molar-refractivity contribution >= 4 is 17.6 Å². The summed E-state index contributed by atoms with van der Waals surface area (Å²) in [7, 11) is 0. The molecular formula is C22H24N2O4. The van der Waals surface area contributed by atoms with Gasteiger partial charge >= 0.3 is 11.9 Å². The van der Waals surface area contributed by atoms with Crippen molar-refractivity contribution in [2.45, 2.75) is 24.8 Å². The van der Waals surface area contributed by atoms with Crippen molar-refractivity contribution in [3.05, 3.63) is 66.2 Å². The summed E-state index contributed by atoms with van der Waals surface area (Å²) in [5, 5.41) is 22.9. The number of carboxylic acids is 2. The Hall–Kier alpha value is -3.12. The smallest absolute Gasteiger partial charge is 0.328 e. The summed E-state index contributed by atoms with van der Waals surface area (Å²) in [6, 6.07) is 18.1. The Morgan fingerprint density at radius 2 is 1.57 bits per heavy atom. The van der Waals surface area contributed by atoms with Gasteiger partial charge in [0.05, 0.1) is 0 Å². The number of aliphatic carboxylic acids is 2. The van der Waals surface area contributed by atoms with Gasteiger partial charge in [0, 0.05) is 29.8 Å². The fourth-order valence-electron chi connectivity index (χ4n) is 3.86. The average Bonchev–Trinajstić information content (AvgIpc) is 2.89. The Morgan fingerprint density at radius 1 is 0.893 bits per heavy atom. The first-order chi connectivity index (χ1) is 13.6. The lowest BCUT2D eigenvalue weighted by Crippen LogP contribution is -2.21. The van der Waals surface area contributed by atoms with E-state index < -0.39 is 11.9 Å². The third-order valence-electron chi connectivity index (χ3n) is 5.02. The van der Waals surface area contributed by atoms with E-state index in [0.717, 1.165) is 13.1 Å². The topological polar surface area (TPSA) is 98.7 Å². The predicted octanol–water partition coefficient (Wildman–Crippen LogP) is 3.33. The highest BCUT2D eigenvalue weighted by Gasteiger charge is 2.34. The van der Waals surface area contributed by atoms with E-state index in [0.29, 0.717) is 24.1 Å². The highest BCUT2D eigenvalue weighted by molar-refractivity contribution is 5.89. The third kappa shape index (κ3) is 4.78. The molecule has 2 atom stereocenters. The summed E-state index contributed by atoms with van der Waals surface area (Å²) in [4.78, 5) is 19.1. The van der Waals surface area contributed by atoms with Crippen molar-refractivity contribution in [2.24, 2.45) is 0 Å². The monoisotopic (exact) mass is 380 g/mol. The molecule has 0 bridgehead atoms. The Kier molecular flexibility index (Phi) is 6.45. The highest BCUT2D eigenvalue weighted by Crippen LogP contribution is 2.45. The normalized spacial score (nSPS) is 20.1. The van der Waals surface area contributed by atoms with Crippen molar-refractivity contribution in [3.63, 3.8) is 0 Å². The molecule has 0 unspecified atom stereocenters. The fraction of sp³-hybridized carbons (Fsp3) is 0.273. The van der Waals surface area contributed by atoms with E-state index in [4.69, 9.17) is 10.2 Å². The van der Waals surface area contributed by atoms with Crippen LogP contribution in [0.2, 0.25) is 0 Å². The second kappa shape index (κ2) is 9.19. The fourth-order valence-corrected chi connectivity index (χ4v) is 3.86. The minimum absolute atomic E-state index is 0.558. The molecule has 2 aromatic rings. The Morgan fingerprint density at radius 3 is 2.25 bits per heavy atom. The van der Waals surface area contributed by atoms with Crippen LogP contribution in [0.1, 0.15) is 24.3 Å². The summed E-state index contributed by atoms with van der Waals surface area (Å²) >= 11 is 0. The maximum Gasteiger partial charge on any atom is 0.328 e. The molecule has 2 heterocycles. The van der Waals surface area contributed by atoms with Gasteiger partial charge in [0.1, 0.15) is 0 Å². The van der Waals surface area contributed by atoms with Crippen molar-refractivity contribution in [1.29, 1.82) is 0 Å². The zero-order chi connectivity index (χ0) is 19.9. The lowest BCUT2D eigenvalue weighted by molar-refractivity contribution is -0.134. The molecule has 4 N–H and O–H groups in total. The van der Waals surface area contributed by atoms with Gasteiger partial charge in [0.2, 0.25) is 0 Å². The number of hydrogen-bond acceptors (Lipinski definition) is 4. The summed E-state index contributed by atoms with van der Waals surface area (Å²) in [6.07, 6.45) is 3.56. The maximum atomic E-state index is 9.55. The van der Waals surface area contributed by atoms with Crippen LogP contribution < -0.4 is 10.6 Å². The van der Waals surface area contributed by atoms with Gasteiger partial charge in [-0.3, -0.25) is 0 Å². The van der Waals surface area contributed by atoms with Gasteiger partial charge in [0.15, 0.2) is 0 Å². The molecule has 0 radical (unpaired) electrons. The van der Waals surface area contributed by atoms with Gasteiger partial charge in [-0.1, -0.05) is 42.5 Å². The molecule has 6 heteroatoms. The van der Waals surface area contributed by atoms with Gasteiger partial charge in [-0.25, -0.2) is 9.59 Å². The molecule has 0 aromatic heterocycles. The first-order valence-electron chi connectivity index (χ1n) is 9.36. The Labute approximate surface area is 163 Å². The molecule has 28 heavy (non-hydrogen) atoms. The minimum atomic E-state index is -1.26. The average molecular weight is 380 g/mol. The summed E-state index contributed by atoms with van der Waals surface area (Å²) in [6.45, 7) is 2.26. The number of carbonyl (C=O) groups is 2. The van der Waals surface area contributed by atoms with Crippen LogP contribution in [0.3, 0.4) is 0 Å². The zero-order valence-corrected chi connectivity index (χ0v) is 15.5. The van der Waals surface area contributed by atoms with Crippen molar-refractivity contribution in [2.75, 3.05) is 18.4 Å². The van der Waals surface area contributed by atoms with E-state index in [2.05, 4.69) is 59.2 Å². The standard InChI is InChI=1S/C18H20N2.C4H4O4/c1-2-5-13(6-3-1)14-7-4-8-17-18(14)15-9-11-19-12-10-16(15)20-17;5-3(6)1-2-4(7)8/h1-8,15-16,19-20H,9-12H2;1-2H,(H,5,6)(H,7,8)/b;2-1-/t15-,16-;/m1./s1. The summed E-state index contributed by atoms with van der Waals surface area (Å²) in [5.74, 6) is -1.86. The van der Waals surface area contributed by atoms with Gasteiger partial charge in [0.25, 0.3) is 0 Å².